The van der Waals surface area contributed by atoms with Crippen molar-refractivity contribution in [3.8, 4) is 0 Å². The van der Waals surface area contributed by atoms with E-state index in [4.69, 9.17) is 4.74 Å². The second kappa shape index (κ2) is 11.4. The molecule has 1 aliphatic rings. The molecule has 27 heavy (non-hydrogen) atoms. The van der Waals surface area contributed by atoms with Crippen molar-refractivity contribution in [2.75, 3.05) is 33.2 Å². The van der Waals surface area contributed by atoms with Gasteiger partial charge in [0, 0.05) is 52.2 Å². The zero-order valence-electron chi connectivity index (χ0n) is 16.9. The van der Waals surface area contributed by atoms with Crippen molar-refractivity contribution in [3.63, 3.8) is 0 Å². The van der Waals surface area contributed by atoms with Crippen molar-refractivity contribution in [2.45, 2.75) is 45.8 Å². The van der Waals surface area contributed by atoms with E-state index in [-0.39, 0.29) is 30.1 Å². The third-order valence-electron chi connectivity index (χ3n) is 4.28. The molecule has 1 fully saturated rings. The van der Waals surface area contributed by atoms with Crippen molar-refractivity contribution >= 4 is 36.0 Å². The lowest BCUT2D eigenvalue weighted by Gasteiger charge is -2.34. The standard InChI is InChI=1S/C19H33N5O2.HI/c1-19(2,3)26-18(25)24-12-7-8-16(15-24)14-22-17(20-4)21-9-13-23-10-5-6-11-23;/h5-6,10-11,16H,7-9,12-15H2,1-4H3,(H2,20,21,22);1H. The molecular formula is C19H34IN5O2. The number of hydrogen-bond donors (Lipinski definition) is 2. The van der Waals surface area contributed by atoms with E-state index >= 15 is 0 Å². The van der Waals surface area contributed by atoms with Gasteiger partial charge in [0.15, 0.2) is 5.96 Å². The number of carbonyl (C=O) groups is 1. The SMILES string of the molecule is CN=C(NCCn1cccc1)NCC1CCCN(C(=O)OC(C)(C)C)C1.I. The van der Waals surface area contributed by atoms with E-state index < -0.39 is 5.60 Å². The summed E-state index contributed by atoms with van der Waals surface area (Å²) in [4.78, 5) is 18.3. The summed E-state index contributed by atoms with van der Waals surface area (Å²) in [7, 11) is 1.78. The Balaban J connectivity index is 0.00000364. The van der Waals surface area contributed by atoms with Gasteiger partial charge in [0.2, 0.25) is 0 Å². The van der Waals surface area contributed by atoms with E-state index in [0.29, 0.717) is 5.92 Å². The highest BCUT2D eigenvalue weighted by molar-refractivity contribution is 14.0. The molecule has 0 aliphatic carbocycles. The number of carbonyl (C=O) groups excluding carboxylic acids is 1. The first-order chi connectivity index (χ1) is 12.4. The molecule has 1 atom stereocenters. The minimum absolute atomic E-state index is 0. The maximum absolute atomic E-state index is 12.3. The zero-order valence-corrected chi connectivity index (χ0v) is 19.2. The number of aromatic nitrogens is 1. The van der Waals surface area contributed by atoms with Crippen LogP contribution in [0.25, 0.3) is 0 Å². The molecular weight excluding hydrogens is 457 g/mol. The van der Waals surface area contributed by atoms with Crippen LogP contribution in [0.4, 0.5) is 4.79 Å². The quantitative estimate of drug-likeness (QED) is 0.378. The molecule has 1 aliphatic heterocycles. The van der Waals surface area contributed by atoms with Crippen LogP contribution in [0.3, 0.4) is 0 Å². The number of rotatable bonds is 5. The minimum atomic E-state index is -0.450. The average Bonchev–Trinajstić information content (AvgIpc) is 3.10. The Bertz CT molecular complexity index is 583. The molecule has 0 saturated carbocycles. The number of piperidine rings is 1. The fourth-order valence-electron chi connectivity index (χ4n) is 3.01. The molecule has 1 aromatic rings. The Hall–Kier alpha value is -1.45. The van der Waals surface area contributed by atoms with E-state index in [1.54, 1.807) is 7.05 Å². The predicted octanol–water partition coefficient (Wildman–Crippen LogP) is 2.92. The normalized spacial score (nSPS) is 17.9. The van der Waals surface area contributed by atoms with Gasteiger partial charge in [0.05, 0.1) is 0 Å². The summed E-state index contributed by atoms with van der Waals surface area (Å²) in [5, 5.41) is 6.70. The van der Waals surface area contributed by atoms with Crippen molar-refractivity contribution in [1.82, 2.24) is 20.1 Å². The van der Waals surface area contributed by atoms with E-state index in [9.17, 15) is 4.79 Å². The number of hydrogen-bond acceptors (Lipinski definition) is 3. The van der Waals surface area contributed by atoms with Crippen molar-refractivity contribution in [2.24, 2.45) is 10.9 Å². The largest absolute Gasteiger partial charge is 0.444 e. The molecule has 1 amide bonds. The second-order valence-corrected chi connectivity index (χ2v) is 7.74. The highest BCUT2D eigenvalue weighted by atomic mass is 127. The first-order valence-electron chi connectivity index (χ1n) is 9.40. The summed E-state index contributed by atoms with van der Waals surface area (Å²) < 4.78 is 7.61. The van der Waals surface area contributed by atoms with Crippen LogP contribution in [0.15, 0.2) is 29.5 Å². The van der Waals surface area contributed by atoms with Crippen LogP contribution in [0.2, 0.25) is 0 Å². The van der Waals surface area contributed by atoms with Crippen molar-refractivity contribution in [3.05, 3.63) is 24.5 Å². The van der Waals surface area contributed by atoms with Gasteiger partial charge in [-0.25, -0.2) is 4.79 Å². The Labute approximate surface area is 179 Å². The third kappa shape index (κ3) is 8.85. The molecule has 7 nitrogen and oxygen atoms in total. The number of nitrogens with one attached hydrogen (secondary N) is 2. The monoisotopic (exact) mass is 491 g/mol. The molecule has 0 bridgehead atoms. The lowest BCUT2D eigenvalue weighted by atomic mass is 9.98. The van der Waals surface area contributed by atoms with Crippen LogP contribution < -0.4 is 10.6 Å². The Morgan fingerprint density at radius 3 is 2.59 bits per heavy atom. The van der Waals surface area contributed by atoms with Crippen LogP contribution in [0, 0.1) is 5.92 Å². The van der Waals surface area contributed by atoms with Gasteiger partial charge < -0.3 is 24.8 Å². The molecule has 1 aromatic heterocycles. The number of aliphatic imine (C=N–C) groups is 1. The highest BCUT2D eigenvalue weighted by Crippen LogP contribution is 2.18. The summed E-state index contributed by atoms with van der Waals surface area (Å²) in [6, 6.07) is 4.04. The molecule has 0 spiro atoms. The van der Waals surface area contributed by atoms with Crippen LogP contribution in [-0.4, -0.2) is 60.3 Å². The molecule has 8 heteroatoms. The summed E-state index contributed by atoms with van der Waals surface area (Å²) in [6.07, 6.45) is 5.99. The molecule has 1 unspecified atom stereocenters. The Kier molecular flexibility index (Phi) is 9.97. The van der Waals surface area contributed by atoms with Crippen LogP contribution in [0.1, 0.15) is 33.6 Å². The highest BCUT2D eigenvalue weighted by Gasteiger charge is 2.27. The van der Waals surface area contributed by atoms with Crippen LogP contribution >= 0.6 is 24.0 Å². The van der Waals surface area contributed by atoms with Gasteiger partial charge in [-0.1, -0.05) is 0 Å². The second-order valence-electron chi connectivity index (χ2n) is 7.74. The first kappa shape index (κ1) is 23.6. The van der Waals surface area contributed by atoms with E-state index in [2.05, 4.69) is 20.2 Å². The van der Waals surface area contributed by atoms with E-state index in [1.807, 2.05) is 50.2 Å². The van der Waals surface area contributed by atoms with Gasteiger partial charge in [-0.2, -0.15) is 0 Å². The fraction of sp³-hybridized carbons (Fsp3) is 0.684. The molecule has 0 radical (unpaired) electrons. The average molecular weight is 491 g/mol. The maximum atomic E-state index is 12.3. The predicted molar refractivity (Wildman–Crippen MR) is 120 cm³/mol. The number of halogens is 1. The molecule has 0 aromatic carbocycles. The molecule has 154 valence electrons. The first-order valence-corrected chi connectivity index (χ1v) is 9.40. The smallest absolute Gasteiger partial charge is 0.410 e. The lowest BCUT2D eigenvalue weighted by Crippen LogP contribution is -2.47. The topological polar surface area (TPSA) is 70.9 Å². The number of guanidine groups is 1. The number of likely N-dealkylation sites (tertiary alicyclic amines) is 1. The van der Waals surface area contributed by atoms with Crippen LogP contribution in [0.5, 0.6) is 0 Å². The van der Waals surface area contributed by atoms with Gasteiger partial charge in [-0.15, -0.1) is 24.0 Å². The molecule has 2 heterocycles. The van der Waals surface area contributed by atoms with Gasteiger partial charge in [0.25, 0.3) is 0 Å². The van der Waals surface area contributed by atoms with Gasteiger partial charge in [-0.05, 0) is 51.7 Å². The number of nitrogens with zero attached hydrogens (tertiary/aromatic N) is 3. The number of ether oxygens (including phenoxy) is 1. The van der Waals surface area contributed by atoms with Crippen molar-refractivity contribution < 1.29 is 9.53 Å². The summed E-state index contributed by atoms with van der Waals surface area (Å²) in [5.41, 5.74) is -0.450. The third-order valence-corrected chi connectivity index (χ3v) is 4.28. The molecule has 2 rings (SSSR count). The van der Waals surface area contributed by atoms with E-state index in [0.717, 1.165) is 51.5 Å². The zero-order chi connectivity index (χ0) is 19.0. The lowest BCUT2D eigenvalue weighted by molar-refractivity contribution is 0.0168. The summed E-state index contributed by atoms with van der Waals surface area (Å²) in [6.45, 7) is 9.69. The molecule has 1 saturated heterocycles. The fourth-order valence-corrected chi connectivity index (χ4v) is 3.01. The van der Waals surface area contributed by atoms with Gasteiger partial charge in [-0.3, -0.25) is 4.99 Å². The summed E-state index contributed by atoms with van der Waals surface area (Å²) in [5.74, 6) is 1.20. The van der Waals surface area contributed by atoms with E-state index in [1.165, 1.54) is 0 Å². The number of amides is 1. The van der Waals surface area contributed by atoms with Gasteiger partial charge in [0.1, 0.15) is 5.60 Å². The van der Waals surface area contributed by atoms with Crippen LogP contribution in [-0.2, 0) is 11.3 Å². The molecule has 2 N–H and O–H groups in total. The Morgan fingerprint density at radius 2 is 1.96 bits per heavy atom. The van der Waals surface area contributed by atoms with Crippen molar-refractivity contribution in [1.29, 1.82) is 0 Å². The Morgan fingerprint density at radius 1 is 1.26 bits per heavy atom. The minimum Gasteiger partial charge on any atom is -0.444 e. The summed E-state index contributed by atoms with van der Waals surface area (Å²) >= 11 is 0. The van der Waals surface area contributed by atoms with Gasteiger partial charge >= 0.3 is 6.09 Å². The maximum Gasteiger partial charge on any atom is 0.410 e.